The van der Waals surface area contributed by atoms with Crippen molar-refractivity contribution in [3.63, 3.8) is 0 Å². The molecule has 0 atom stereocenters. The maximum atomic E-state index is 12.5. The Labute approximate surface area is 144 Å². The Bertz CT molecular complexity index is 930. The van der Waals surface area contributed by atoms with Crippen LogP contribution in [0.3, 0.4) is 0 Å². The lowest BCUT2D eigenvalue weighted by Gasteiger charge is -2.14. The molecule has 0 radical (unpaired) electrons. The van der Waals surface area contributed by atoms with Crippen LogP contribution in [0.1, 0.15) is 0 Å². The lowest BCUT2D eigenvalue weighted by molar-refractivity contribution is 0.144. The molecule has 6 nitrogen and oxygen atoms in total. The van der Waals surface area contributed by atoms with Gasteiger partial charge in [0, 0.05) is 24.8 Å². The molecule has 0 aliphatic carbocycles. The lowest BCUT2D eigenvalue weighted by Crippen LogP contribution is -2.07. The third-order valence-corrected chi connectivity index (χ3v) is 3.71. The number of fused-ring (bicyclic) bond motifs is 1. The van der Waals surface area contributed by atoms with Gasteiger partial charge in [-0.2, -0.15) is 0 Å². The Morgan fingerprint density at radius 2 is 1.84 bits per heavy atom. The molecule has 130 valence electrons. The lowest BCUT2D eigenvalue weighted by atomic mass is 10.1. The van der Waals surface area contributed by atoms with Crippen molar-refractivity contribution in [1.29, 1.82) is 0 Å². The zero-order chi connectivity index (χ0) is 17.8. The Balaban J connectivity index is 2.21. The zero-order valence-electron chi connectivity index (χ0n) is 13.9. The number of rotatable bonds is 6. The molecule has 3 rings (SSSR count). The molecule has 0 unspecified atom stereocenters. The quantitative estimate of drug-likeness (QED) is 0.693. The van der Waals surface area contributed by atoms with Gasteiger partial charge in [-0.05, 0) is 0 Å². The topological polar surface area (TPSA) is 78.1 Å². The van der Waals surface area contributed by atoms with E-state index < -0.39 is 0 Å². The molecule has 0 aliphatic heterocycles. The van der Waals surface area contributed by atoms with Crippen LogP contribution in [0.2, 0.25) is 0 Å². The van der Waals surface area contributed by atoms with Crippen LogP contribution in [0.5, 0.6) is 17.2 Å². The first-order valence-corrected chi connectivity index (χ1v) is 7.70. The second-order valence-corrected chi connectivity index (χ2v) is 5.31. The summed E-state index contributed by atoms with van der Waals surface area (Å²) in [4.78, 5) is 12.5. The molecular weight excluding hydrogens is 324 g/mol. The standard InChI is InChI=1S/C19H18O6/c1-22-8-9-24-16-11-14(21)17-13(20)10-15(12-6-4-3-5-7-12)25-19(17)18(16)23-2/h3-7,10-11,21H,8-9H2,1-2H3. The van der Waals surface area contributed by atoms with Gasteiger partial charge in [0.25, 0.3) is 0 Å². The van der Waals surface area contributed by atoms with E-state index in [1.54, 1.807) is 7.11 Å². The molecule has 1 N–H and O–H groups in total. The van der Waals surface area contributed by atoms with Gasteiger partial charge in [0.15, 0.2) is 16.8 Å². The third kappa shape index (κ3) is 3.29. The van der Waals surface area contributed by atoms with E-state index in [1.807, 2.05) is 30.3 Å². The largest absolute Gasteiger partial charge is 0.507 e. The fourth-order valence-electron chi connectivity index (χ4n) is 2.55. The van der Waals surface area contributed by atoms with Crippen molar-refractivity contribution in [2.75, 3.05) is 27.4 Å². The number of aromatic hydroxyl groups is 1. The highest BCUT2D eigenvalue weighted by molar-refractivity contribution is 5.91. The maximum absolute atomic E-state index is 12.5. The summed E-state index contributed by atoms with van der Waals surface area (Å²) in [6.07, 6.45) is 0. The van der Waals surface area contributed by atoms with Gasteiger partial charge >= 0.3 is 0 Å². The summed E-state index contributed by atoms with van der Waals surface area (Å²) in [5.74, 6) is 0.679. The van der Waals surface area contributed by atoms with E-state index in [0.29, 0.717) is 12.4 Å². The molecule has 0 amide bonds. The minimum Gasteiger partial charge on any atom is -0.507 e. The highest BCUT2D eigenvalue weighted by Crippen LogP contribution is 2.41. The smallest absolute Gasteiger partial charge is 0.205 e. The second kappa shape index (κ2) is 7.27. The van der Waals surface area contributed by atoms with Gasteiger partial charge in [0.05, 0.1) is 13.7 Å². The summed E-state index contributed by atoms with van der Waals surface area (Å²) in [5, 5.41) is 10.3. The van der Waals surface area contributed by atoms with Crippen molar-refractivity contribution in [2.24, 2.45) is 0 Å². The van der Waals surface area contributed by atoms with Crippen molar-refractivity contribution in [2.45, 2.75) is 0 Å². The predicted octanol–water partition coefficient (Wildman–Crippen LogP) is 3.20. The van der Waals surface area contributed by atoms with E-state index in [2.05, 4.69) is 0 Å². The maximum Gasteiger partial charge on any atom is 0.205 e. The first-order valence-electron chi connectivity index (χ1n) is 7.70. The number of phenols is 1. The molecule has 0 saturated carbocycles. The number of methoxy groups -OCH3 is 2. The average Bonchev–Trinajstić information content (AvgIpc) is 2.62. The Kier molecular flexibility index (Phi) is 4.90. The average molecular weight is 342 g/mol. The van der Waals surface area contributed by atoms with Gasteiger partial charge in [-0.1, -0.05) is 30.3 Å². The molecule has 0 fully saturated rings. The highest BCUT2D eigenvalue weighted by Gasteiger charge is 2.20. The highest BCUT2D eigenvalue weighted by atomic mass is 16.5. The van der Waals surface area contributed by atoms with Crippen LogP contribution in [0, 0.1) is 0 Å². The third-order valence-electron chi connectivity index (χ3n) is 3.71. The number of hydrogen-bond donors (Lipinski definition) is 1. The van der Waals surface area contributed by atoms with Crippen molar-refractivity contribution >= 4 is 11.0 Å². The van der Waals surface area contributed by atoms with Crippen molar-refractivity contribution in [3.8, 4) is 28.6 Å². The van der Waals surface area contributed by atoms with Crippen LogP contribution in [-0.2, 0) is 4.74 Å². The van der Waals surface area contributed by atoms with Crippen molar-refractivity contribution in [3.05, 3.63) is 52.7 Å². The Morgan fingerprint density at radius 3 is 2.52 bits per heavy atom. The minimum atomic E-state index is -0.362. The molecule has 0 spiro atoms. The van der Waals surface area contributed by atoms with Gasteiger partial charge < -0.3 is 23.7 Å². The molecular formula is C19H18O6. The van der Waals surface area contributed by atoms with E-state index in [1.165, 1.54) is 19.2 Å². The summed E-state index contributed by atoms with van der Waals surface area (Å²) in [6.45, 7) is 0.635. The van der Waals surface area contributed by atoms with Crippen LogP contribution >= 0.6 is 0 Å². The van der Waals surface area contributed by atoms with Crippen LogP contribution in [-0.4, -0.2) is 32.5 Å². The van der Waals surface area contributed by atoms with E-state index >= 15 is 0 Å². The molecule has 2 aromatic carbocycles. The number of ether oxygens (including phenoxy) is 3. The number of benzene rings is 2. The van der Waals surface area contributed by atoms with Crippen molar-refractivity contribution < 1.29 is 23.7 Å². The summed E-state index contributed by atoms with van der Waals surface area (Å²) < 4.78 is 21.8. The second-order valence-electron chi connectivity index (χ2n) is 5.31. The van der Waals surface area contributed by atoms with E-state index in [4.69, 9.17) is 18.6 Å². The number of hydrogen-bond acceptors (Lipinski definition) is 6. The first-order chi connectivity index (χ1) is 12.2. The van der Waals surface area contributed by atoms with Crippen LogP contribution in [0.4, 0.5) is 0 Å². The van der Waals surface area contributed by atoms with Gasteiger partial charge in [-0.3, -0.25) is 4.79 Å². The molecule has 0 aliphatic rings. The van der Waals surface area contributed by atoms with Gasteiger partial charge in [-0.25, -0.2) is 0 Å². The Morgan fingerprint density at radius 1 is 1.08 bits per heavy atom. The number of phenolic OH excluding ortho intramolecular Hbond substituents is 1. The molecule has 1 aromatic heterocycles. The monoisotopic (exact) mass is 342 g/mol. The SMILES string of the molecule is COCCOc1cc(O)c2c(=O)cc(-c3ccccc3)oc2c1OC. The predicted molar refractivity (Wildman–Crippen MR) is 93.5 cm³/mol. The Hall–Kier alpha value is -2.99. The van der Waals surface area contributed by atoms with E-state index in [-0.39, 0.29) is 40.3 Å². The fourth-order valence-corrected chi connectivity index (χ4v) is 2.55. The summed E-state index contributed by atoms with van der Waals surface area (Å²) in [6, 6.07) is 11.9. The molecule has 0 bridgehead atoms. The summed E-state index contributed by atoms with van der Waals surface area (Å²) >= 11 is 0. The van der Waals surface area contributed by atoms with Gasteiger partial charge in [0.2, 0.25) is 5.75 Å². The zero-order valence-corrected chi connectivity index (χ0v) is 13.9. The van der Waals surface area contributed by atoms with Gasteiger partial charge in [-0.15, -0.1) is 0 Å². The van der Waals surface area contributed by atoms with E-state index in [0.717, 1.165) is 5.56 Å². The fraction of sp³-hybridized carbons (Fsp3) is 0.211. The normalized spacial score (nSPS) is 10.8. The molecule has 25 heavy (non-hydrogen) atoms. The van der Waals surface area contributed by atoms with Crippen LogP contribution in [0.25, 0.3) is 22.3 Å². The summed E-state index contributed by atoms with van der Waals surface area (Å²) in [5.41, 5.74) is 0.523. The van der Waals surface area contributed by atoms with Gasteiger partial charge in [0.1, 0.15) is 23.5 Å². The first kappa shape index (κ1) is 16.9. The molecule has 0 saturated heterocycles. The van der Waals surface area contributed by atoms with Crippen LogP contribution < -0.4 is 14.9 Å². The van der Waals surface area contributed by atoms with Crippen LogP contribution in [0.15, 0.2) is 51.7 Å². The van der Waals surface area contributed by atoms with E-state index in [9.17, 15) is 9.90 Å². The van der Waals surface area contributed by atoms with Crippen molar-refractivity contribution in [1.82, 2.24) is 0 Å². The molecule has 1 heterocycles. The minimum absolute atomic E-state index is 0.0515. The summed E-state index contributed by atoms with van der Waals surface area (Å²) in [7, 11) is 3.01. The molecule has 3 aromatic rings. The molecule has 6 heteroatoms.